The first-order valence-electron chi connectivity index (χ1n) is 13.5. The topological polar surface area (TPSA) is 77.2 Å². The summed E-state index contributed by atoms with van der Waals surface area (Å²) in [5.74, 6) is 7.19. The molecule has 0 radical (unpaired) electrons. The number of rotatable bonds is 5. The Balaban J connectivity index is 1.30. The molecule has 4 fully saturated rings. The summed E-state index contributed by atoms with van der Waals surface area (Å²) in [6.45, 7) is 6.43. The Bertz CT molecular complexity index is 1050. The van der Waals surface area contributed by atoms with Gasteiger partial charge in [0.15, 0.2) is 11.5 Å². The van der Waals surface area contributed by atoms with E-state index in [0.717, 1.165) is 49.9 Å². The van der Waals surface area contributed by atoms with Crippen molar-refractivity contribution >= 4 is 11.9 Å². The summed E-state index contributed by atoms with van der Waals surface area (Å²) in [6.07, 6.45) is 17.5. The summed E-state index contributed by atoms with van der Waals surface area (Å²) in [5.41, 5.74) is 0.606. The van der Waals surface area contributed by atoms with Crippen LogP contribution in [-0.2, 0) is 16.1 Å². The van der Waals surface area contributed by atoms with Crippen LogP contribution in [0.2, 0.25) is 0 Å². The van der Waals surface area contributed by atoms with Crippen LogP contribution < -0.4 is 0 Å². The molecule has 6 nitrogen and oxygen atoms in total. The van der Waals surface area contributed by atoms with Crippen molar-refractivity contribution in [2.45, 2.75) is 90.7 Å². The smallest absolute Gasteiger partial charge is 0.162 e. The van der Waals surface area contributed by atoms with Gasteiger partial charge in [0.05, 0.1) is 18.5 Å². The number of terminal acetylenes is 1. The summed E-state index contributed by atoms with van der Waals surface area (Å²) in [4.78, 5) is 15.1. The Hall–Kier alpha value is -2.13. The van der Waals surface area contributed by atoms with Crippen LogP contribution >= 0.6 is 0 Å². The highest BCUT2D eigenvalue weighted by atomic mass is 16.5. The van der Waals surface area contributed by atoms with E-state index in [1.807, 2.05) is 13.8 Å². The minimum Gasteiger partial charge on any atom is -0.501 e. The van der Waals surface area contributed by atoms with E-state index in [9.17, 15) is 9.90 Å². The molecule has 0 saturated heterocycles. The lowest BCUT2D eigenvalue weighted by Crippen LogP contribution is -2.51. The minimum atomic E-state index is -0.472. The normalized spacial score (nSPS) is 40.9. The molecule has 0 aromatic carbocycles. The second-order valence-electron chi connectivity index (χ2n) is 12.4. The van der Waals surface area contributed by atoms with Crippen LogP contribution in [0.3, 0.4) is 0 Å². The Morgan fingerprint density at radius 1 is 1.14 bits per heavy atom. The minimum absolute atomic E-state index is 0.0678. The number of aromatic nitrogens is 3. The van der Waals surface area contributed by atoms with Crippen LogP contribution in [0.5, 0.6) is 0 Å². The Morgan fingerprint density at radius 3 is 2.66 bits per heavy atom. The molecule has 0 aliphatic heterocycles. The van der Waals surface area contributed by atoms with Gasteiger partial charge in [-0.15, -0.1) is 11.5 Å². The molecular formula is C29H41N3O3. The summed E-state index contributed by atoms with van der Waals surface area (Å²) in [5, 5.41) is 19.5. The van der Waals surface area contributed by atoms with Gasteiger partial charge in [0.25, 0.3) is 0 Å². The number of carbonyl (C=O) groups is 1. The molecular weight excluding hydrogens is 438 g/mol. The third kappa shape index (κ3) is 4.35. The molecule has 6 heteroatoms. The van der Waals surface area contributed by atoms with E-state index in [0.29, 0.717) is 29.0 Å². The number of methoxy groups -OCH3 is 1. The van der Waals surface area contributed by atoms with E-state index in [-0.39, 0.29) is 23.7 Å². The molecule has 35 heavy (non-hydrogen) atoms. The van der Waals surface area contributed by atoms with Gasteiger partial charge in [-0.05, 0) is 113 Å². The first-order chi connectivity index (χ1) is 16.6. The summed E-state index contributed by atoms with van der Waals surface area (Å²) >= 11 is 0. The SMILES string of the molecule is C#Cc1nn(CC(=O)C2CC[C@H]3[C@@H]4CC[C@@H]5C[C@](C)(O)CC[C@@H]5[C@H]4CC[C@]23C)nc1/C=C(\C)OC. The van der Waals surface area contributed by atoms with E-state index < -0.39 is 5.60 Å². The summed E-state index contributed by atoms with van der Waals surface area (Å²) in [6, 6.07) is 0. The maximum absolute atomic E-state index is 13.6. The number of fused-ring (bicyclic) bond motifs is 5. The van der Waals surface area contributed by atoms with Crippen LogP contribution in [0.4, 0.5) is 0 Å². The van der Waals surface area contributed by atoms with Gasteiger partial charge < -0.3 is 9.84 Å². The van der Waals surface area contributed by atoms with Gasteiger partial charge in [-0.2, -0.15) is 9.90 Å². The second-order valence-corrected chi connectivity index (χ2v) is 12.4. The van der Waals surface area contributed by atoms with Crippen LogP contribution in [0.15, 0.2) is 5.76 Å². The van der Waals surface area contributed by atoms with Crippen molar-refractivity contribution in [3.05, 3.63) is 17.1 Å². The van der Waals surface area contributed by atoms with Gasteiger partial charge in [0.1, 0.15) is 12.2 Å². The molecule has 4 aliphatic rings. The Kier molecular flexibility index (Phi) is 6.36. The van der Waals surface area contributed by atoms with Gasteiger partial charge in [0, 0.05) is 12.0 Å². The lowest BCUT2D eigenvalue weighted by molar-refractivity contribution is -0.133. The highest BCUT2D eigenvalue weighted by Gasteiger charge is 2.58. The standard InChI is InChI=1S/C29H41N3O3/c1-6-25-26(15-18(2)35-5)31-32(30-25)17-27(33)24-10-9-23-22-8-7-19-16-28(3,34)13-11-20(19)21(22)12-14-29(23,24)4/h1,15,19-24,34H,7-14,16-17H2,2-5H3/b18-15+/t19-,20+,21-,22-,23+,24?,28-,29+/m1/s1. The molecule has 1 aromatic rings. The maximum Gasteiger partial charge on any atom is 0.162 e. The predicted octanol–water partition coefficient (Wildman–Crippen LogP) is 4.86. The van der Waals surface area contributed by atoms with E-state index in [1.165, 1.54) is 30.5 Å². The quantitative estimate of drug-likeness (QED) is 0.482. The van der Waals surface area contributed by atoms with Crippen LogP contribution in [0, 0.1) is 53.3 Å². The average Bonchev–Trinajstić information content (AvgIpc) is 3.37. The zero-order chi connectivity index (χ0) is 25.0. The van der Waals surface area contributed by atoms with Gasteiger partial charge in [-0.25, -0.2) is 0 Å². The number of ketones is 1. The fourth-order valence-corrected chi connectivity index (χ4v) is 8.74. The summed E-state index contributed by atoms with van der Waals surface area (Å²) < 4.78 is 5.22. The molecule has 4 aliphatic carbocycles. The van der Waals surface area contributed by atoms with Crippen molar-refractivity contribution in [1.29, 1.82) is 0 Å². The maximum atomic E-state index is 13.6. The number of hydrogen-bond donors (Lipinski definition) is 1. The van der Waals surface area contributed by atoms with E-state index in [1.54, 1.807) is 13.2 Å². The highest BCUT2D eigenvalue weighted by molar-refractivity contribution is 5.82. The average molecular weight is 480 g/mol. The number of ether oxygens (including phenoxy) is 1. The number of aliphatic hydroxyl groups is 1. The van der Waals surface area contributed by atoms with Crippen molar-refractivity contribution in [3.63, 3.8) is 0 Å². The molecule has 0 bridgehead atoms. The second kappa shape index (κ2) is 9.07. The van der Waals surface area contributed by atoms with Crippen LogP contribution in [0.1, 0.15) is 89.9 Å². The molecule has 190 valence electrons. The molecule has 1 aromatic heterocycles. The first kappa shape index (κ1) is 24.6. The third-order valence-electron chi connectivity index (χ3n) is 10.4. The number of allylic oxidation sites excluding steroid dienone is 1. The van der Waals surface area contributed by atoms with Gasteiger partial charge in [0.2, 0.25) is 0 Å². The monoisotopic (exact) mass is 479 g/mol. The predicted molar refractivity (Wildman–Crippen MR) is 135 cm³/mol. The number of Topliss-reactive ketones (excluding diaryl/α,β-unsaturated/α-hetero) is 1. The van der Waals surface area contributed by atoms with Crippen LogP contribution in [0.25, 0.3) is 6.08 Å². The molecule has 8 atom stereocenters. The molecule has 1 heterocycles. The Morgan fingerprint density at radius 2 is 1.91 bits per heavy atom. The molecule has 4 saturated carbocycles. The van der Waals surface area contributed by atoms with Crippen molar-refractivity contribution in [1.82, 2.24) is 15.0 Å². The Labute approximate surface area is 209 Å². The zero-order valence-corrected chi connectivity index (χ0v) is 21.8. The summed E-state index contributed by atoms with van der Waals surface area (Å²) in [7, 11) is 1.60. The lowest BCUT2D eigenvalue weighted by atomic mass is 9.49. The van der Waals surface area contributed by atoms with Gasteiger partial charge >= 0.3 is 0 Å². The van der Waals surface area contributed by atoms with Gasteiger partial charge in [-0.1, -0.05) is 6.92 Å². The van der Waals surface area contributed by atoms with Gasteiger partial charge in [-0.3, -0.25) is 4.79 Å². The van der Waals surface area contributed by atoms with Crippen molar-refractivity contribution in [2.75, 3.05) is 7.11 Å². The van der Waals surface area contributed by atoms with E-state index in [2.05, 4.69) is 23.0 Å². The zero-order valence-electron chi connectivity index (χ0n) is 21.8. The van der Waals surface area contributed by atoms with Crippen molar-refractivity contribution < 1.29 is 14.6 Å². The number of carbonyl (C=O) groups excluding carboxylic acids is 1. The molecule has 5 rings (SSSR count). The van der Waals surface area contributed by atoms with Crippen LogP contribution in [-0.4, -0.2) is 38.6 Å². The molecule has 0 spiro atoms. The lowest BCUT2D eigenvalue weighted by Gasteiger charge is -2.56. The largest absolute Gasteiger partial charge is 0.501 e. The van der Waals surface area contributed by atoms with E-state index >= 15 is 0 Å². The fraction of sp³-hybridized carbons (Fsp3) is 0.759. The van der Waals surface area contributed by atoms with Crippen molar-refractivity contribution in [3.8, 4) is 12.3 Å². The fourth-order valence-electron chi connectivity index (χ4n) is 8.74. The number of nitrogens with zero attached hydrogens (tertiary/aromatic N) is 3. The highest BCUT2D eigenvalue weighted by Crippen LogP contribution is 2.64. The van der Waals surface area contributed by atoms with Crippen molar-refractivity contribution in [2.24, 2.45) is 40.9 Å². The molecule has 1 unspecified atom stereocenters. The van der Waals surface area contributed by atoms with E-state index in [4.69, 9.17) is 11.2 Å². The third-order valence-corrected chi connectivity index (χ3v) is 10.4. The molecule has 0 amide bonds. The number of hydrogen-bond acceptors (Lipinski definition) is 5. The molecule has 1 N–H and O–H groups in total. The first-order valence-corrected chi connectivity index (χ1v) is 13.5.